The van der Waals surface area contributed by atoms with Gasteiger partial charge in [0, 0.05) is 19.6 Å². The third-order valence-corrected chi connectivity index (χ3v) is 2.77. The Hall–Kier alpha value is -0.0800. The van der Waals surface area contributed by atoms with E-state index in [0.29, 0.717) is 5.41 Å². The zero-order valence-electron chi connectivity index (χ0n) is 11.6. The summed E-state index contributed by atoms with van der Waals surface area (Å²) in [6.07, 6.45) is 0. The van der Waals surface area contributed by atoms with Gasteiger partial charge in [-0.3, -0.25) is 0 Å². The third kappa shape index (κ3) is 7.80. The van der Waals surface area contributed by atoms with Crippen molar-refractivity contribution in [3.05, 3.63) is 0 Å². The second kappa shape index (κ2) is 7.24. The predicted molar refractivity (Wildman–Crippen MR) is 69.4 cm³/mol. The Labute approximate surface area is 96.6 Å². The van der Waals surface area contributed by atoms with Gasteiger partial charge in [0.1, 0.15) is 0 Å². The second-order valence-corrected chi connectivity index (χ2v) is 5.46. The molecule has 0 aliphatic rings. The SMILES string of the molecule is CCN(CC)CCN(CC)CC(C)(C)C. The van der Waals surface area contributed by atoms with Gasteiger partial charge in [-0.25, -0.2) is 0 Å². The molecule has 15 heavy (non-hydrogen) atoms. The van der Waals surface area contributed by atoms with E-state index < -0.39 is 0 Å². The molecule has 0 saturated carbocycles. The van der Waals surface area contributed by atoms with Gasteiger partial charge in [0.15, 0.2) is 0 Å². The van der Waals surface area contributed by atoms with Crippen LogP contribution < -0.4 is 0 Å². The first kappa shape index (κ1) is 14.9. The Bertz CT molecular complexity index is 145. The number of hydrogen-bond donors (Lipinski definition) is 0. The first-order valence-corrected chi connectivity index (χ1v) is 6.37. The molecule has 0 bridgehead atoms. The highest BCUT2D eigenvalue weighted by Gasteiger charge is 2.15. The molecular weight excluding hydrogens is 184 g/mol. The van der Waals surface area contributed by atoms with E-state index in [1.807, 2.05) is 0 Å². The summed E-state index contributed by atoms with van der Waals surface area (Å²) in [5.41, 5.74) is 0.416. The molecule has 0 amide bonds. The molecule has 0 saturated heterocycles. The summed E-state index contributed by atoms with van der Waals surface area (Å²) < 4.78 is 0. The molecule has 0 heterocycles. The van der Waals surface area contributed by atoms with E-state index >= 15 is 0 Å². The monoisotopic (exact) mass is 214 g/mol. The van der Waals surface area contributed by atoms with Gasteiger partial charge in [-0.1, -0.05) is 41.5 Å². The van der Waals surface area contributed by atoms with E-state index in [-0.39, 0.29) is 0 Å². The molecule has 0 unspecified atom stereocenters. The van der Waals surface area contributed by atoms with Gasteiger partial charge in [-0.2, -0.15) is 0 Å². The van der Waals surface area contributed by atoms with Crippen LogP contribution >= 0.6 is 0 Å². The molecule has 0 fully saturated rings. The highest BCUT2D eigenvalue weighted by Crippen LogP contribution is 2.14. The van der Waals surface area contributed by atoms with Crippen molar-refractivity contribution < 1.29 is 0 Å². The lowest BCUT2D eigenvalue weighted by molar-refractivity contribution is 0.171. The van der Waals surface area contributed by atoms with Gasteiger partial charge in [-0.05, 0) is 25.0 Å². The van der Waals surface area contributed by atoms with Gasteiger partial charge < -0.3 is 9.80 Å². The van der Waals surface area contributed by atoms with Crippen LogP contribution in [0.3, 0.4) is 0 Å². The van der Waals surface area contributed by atoms with Crippen molar-refractivity contribution in [1.29, 1.82) is 0 Å². The average molecular weight is 214 g/mol. The Morgan fingerprint density at radius 3 is 1.47 bits per heavy atom. The maximum absolute atomic E-state index is 2.55. The highest BCUT2D eigenvalue weighted by molar-refractivity contribution is 4.69. The van der Waals surface area contributed by atoms with Crippen LogP contribution in [0.4, 0.5) is 0 Å². The van der Waals surface area contributed by atoms with E-state index in [1.54, 1.807) is 0 Å². The second-order valence-electron chi connectivity index (χ2n) is 5.46. The number of likely N-dealkylation sites (N-methyl/N-ethyl adjacent to an activating group) is 2. The average Bonchev–Trinajstić information content (AvgIpc) is 2.15. The molecule has 0 spiro atoms. The van der Waals surface area contributed by atoms with Crippen LogP contribution in [0.5, 0.6) is 0 Å². The topological polar surface area (TPSA) is 6.48 Å². The van der Waals surface area contributed by atoms with Crippen LogP contribution in [-0.2, 0) is 0 Å². The number of rotatable bonds is 7. The quantitative estimate of drug-likeness (QED) is 0.643. The van der Waals surface area contributed by atoms with Crippen molar-refractivity contribution in [2.75, 3.05) is 39.3 Å². The molecule has 2 nitrogen and oxygen atoms in total. The van der Waals surface area contributed by atoms with Crippen LogP contribution in [0.1, 0.15) is 41.5 Å². The van der Waals surface area contributed by atoms with Crippen molar-refractivity contribution in [2.45, 2.75) is 41.5 Å². The smallest absolute Gasteiger partial charge is 0.0109 e. The summed E-state index contributed by atoms with van der Waals surface area (Å²) >= 11 is 0. The maximum atomic E-state index is 2.55. The fraction of sp³-hybridized carbons (Fsp3) is 1.00. The molecule has 2 heteroatoms. The van der Waals surface area contributed by atoms with Crippen molar-refractivity contribution in [3.63, 3.8) is 0 Å². The first-order valence-electron chi connectivity index (χ1n) is 6.37. The Morgan fingerprint density at radius 1 is 0.733 bits per heavy atom. The summed E-state index contributed by atoms with van der Waals surface area (Å²) in [4.78, 5) is 5.05. The lowest BCUT2D eigenvalue weighted by atomic mass is 9.96. The van der Waals surface area contributed by atoms with Crippen molar-refractivity contribution >= 4 is 0 Å². The first-order chi connectivity index (χ1) is 6.92. The molecule has 0 rings (SSSR count). The van der Waals surface area contributed by atoms with E-state index in [0.717, 1.165) is 0 Å². The Morgan fingerprint density at radius 2 is 1.13 bits per heavy atom. The lowest BCUT2D eigenvalue weighted by Crippen LogP contribution is -2.39. The Balaban J connectivity index is 3.89. The summed E-state index contributed by atoms with van der Waals surface area (Å²) in [5.74, 6) is 0. The van der Waals surface area contributed by atoms with Crippen molar-refractivity contribution in [3.8, 4) is 0 Å². The van der Waals surface area contributed by atoms with Gasteiger partial charge in [-0.15, -0.1) is 0 Å². The normalized spacial score (nSPS) is 12.8. The Kier molecular flexibility index (Phi) is 7.20. The van der Waals surface area contributed by atoms with E-state index in [4.69, 9.17) is 0 Å². The van der Waals surface area contributed by atoms with Crippen LogP contribution in [0.15, 0.2) is 0 Å². The largest absolute Gasteiger partial charge is 0.303 e. The predicted octanol–water partition coefficient (Wildman–Crippen LogP) is 2.70. The molecule has 0 aromatic carbocycles. The summed E-state index contributed by atoms with van der Waals surface area (Å²) in [5, 5.41) is 0. The minimum absolute atomic E-state index is 0.416. The van der Waals surface area contributed by atoms with E-state index in [2.05, 4.69) is 51.3 Å². The van der Waals surface area contributed by atoms with Gasteiger partial charge in [0.25, 0.3) is 0 Å². The van der Waals surface area contributed by atoms with Crippen molar-refractivity contribution in [2.24, 2.45) is 5.41 Å². The fourth-order valence-electron chi connectivity index (χ4n) is 1.84. The van der Waals surface area contributed by atoms with Crippen LogP contribution in [0, 0.1) is 5.41 Å². The summed E-state index contributed by atoms with van der Waals surface area (Å²) in [6, 6.07) is 0. The van der Waals surface area contributed by atoms with Crippen molar-refractivity contribution in [1.82, 2.24) is 9.80 Å². The summed E-state index contributed by atoms with van der Waals surface area (Å²) in [7, 11) is 0. The van der Waals surface area contributed by atoms with E-state index in [9.17, 15) is 0 Å². The third-order valence-electron chi connectivity index (χ3n) is 2.77. The molecule has 0 aromatic rings. The maximum Gasteiger partial charge on any atom is 0.0109 e. The van der Waals surface area contributed by atoms with Crippen LogP contribution in [0.25, 0.3) is 0 Å². The molecule has 92 valence electrons. The number of hydrogen-bond acceptors (Lipinski definition) is 2. The molecule has 0 aliphatic carbocycles. The number of nitrogens with zero attached hydrogens (tertiary/aromatic N) is 2. The molecule has 0 aliphatic heterocycles. The van der Waals surface area contributed by atoms with Gasteiger partial charge in [0.2, 0.25) is 0 Å². The van der Waals surface area contributed by atoms with E-state index in [1.165, 1.54) is 39.3 Å². The zero-order chi connectivity index (χ0) is 11.9. The fourth-order valence-corrected chi connectivity index (χ4v) is 1.84. The minimum atomic E-state index is 0.416. The van der Waals surface area contributed by atoms with Gasteiger partial charge in [0.05, 0.1) is 0 Å². The lowest BCUT2D eigenvalue weighted by Gasteiger charge is -2.30. The molecular formula is C13H30N2. The molecule has 0 atom stereocenters. The van der Waals surface area contributed by atoms with Crippen LogP contribution in [-0.4, -0.2) is 49.1 Å². The highest BCUT2D eigenvalue weighted by atomic mass is 15.2. The molecule has 0 aromatic heterocycles. The zero-order valence-corrected chi connectivity index (χ0v) is 11.6. The minimum Gasteiger partial charge on any atom is -0.303 e. The van der Waals surface area contributed by atoms with Crippen LogP contribution in [0.2, 0.25) is 0 Å². The molecule has 0 radical (unpaired) electrons. The van der Waals surface area contributed by atoms with Gasteiger partial charge >= 0.3 is 0 Å². The molecule has 0 N–H and O–H groups in total. The standard InChI is InChI=1S/C13H30N2/c1-7-14(8-2)10-11-15(9-3)12-13(4,5)6/h7-12H2,1-6H3. The summed E-state index contributed by atoms with van der Waals surface area (Å²) in [6.45, 7) is 20.8.